The molecule has 2 atom stereocenters. The molecule has 1 aromatic rings. The predicted molar refractivity (Wildman–Crippen MR) is 105 cm³/mol. The topological polar surface area (TPSA) is 56.1 Å². The Morgan fingerprint density at radius 1 is 0.733 bits per heavy atom. The number of rotatable bonds is 2. The maximum Gasteiger partial charge on any atom is 3.00 e. The van der Waals surface area contributed by atoms with Crippen LogP contribution in [0.3, 0.4) is 0 Å². The molecule has 0 aliphatic carbocycles. The normalized spacial score (nSPS) is 25.2. The molecular weight excluding hydrogens is 577 g/mol. The minimum absolute atomic E-state index is 0. The van der Waals surface area contributed by atoms with Crippen molar-refractivity contribution in [2.45, 2.75) is 66.5 Å². The molecule has 1 aromatic heterocycles. The molecule has 0 spiro atoms. The van der Waals surface area contributed by atoms with Crippen molar-refractivity contribution in [2.75, 3.05) is 13.2 Å². The van der Waals surface area contributed by atoms with Gasteiger partial charge in [0.15, 0.2) is 0 Å². The summed E-state index contributed by atoms with van der Waals surface area (Å²) >= 11 is 0. The quantitative estimate of drug-likeness (QED) is 0.340. The van der Waals surface area contributed by atoms with E-state index in [9.17, 15) is 0 Å². The van der Waals surface area contributed by atoms with Crippen molar-refractivity contribution in [1.82, 2.24) is 4.98 Å². The van der Waals surface area contributed by atoms with E-state index >= 15 is 0 Å². The molecule has 0 aromatic carbocycles. The van der Waals surface area contributed by atoms with Crippen molar-refractivity contribution >= 4 is 11.8 Å². The van der Waals surface area contributed by atoms with Gasteiger partial charge in [-0.2, -0.15) is 0 Å². The SMILES string of the molecule is CC(C)(C)C1(C)COC(c2cccc(C3=NC(C)(C(C)(C)C)CO3)n2)=N1.[Cl-].[Cl-].[Cl-].[Nd+3]. The van der Waals surface area contributed by atoms with Gasteiger partial charge in [-0.15, -0.1) is 0 Å². The van der Waals surface area contributed by atoms with Crippen LogP contribution in [0, 0.1) is 51.7 Å². The third kappa shape index (κ3) is 6.21. The Morgan fingerprint density at radius 3 is 1.33 bits per heavy atom. The second-order valence-corrected chi connectivity index (χ2v) is 9.87. The van der Waals surface area contributed by atoms with Gasteiger partial charge < -0.3 is 46.7 Å². The molecule has 0 N–H and O–H groups in total. The third-order valence-electron chi connectivity index (χ3n) is 6.10. The van der Waals surface area contributed by atoms with Crippen LogP contribution in [0.4, 0.5) is 0 Å². The van der Waals surface area contributed by atoms with E-state index in [1.54, 1.807) is 0 Å². The van der Waals surface area contributed by atoms with Crippen LogP contribution in [0.15, 0.2) is 28.2 Å². The van der Waals surface area contributed by atoms with Crippen molar-refractivity contribution in [3.05, 3.63) is 29.6 Å². The number of nitrogens with zero attached hydrogens (tertiary/aromatic N) is 3. The molecule has 0 saturated carbocycles. The number of aliphatic imine (C=N–C) groups is 2. The standard InChI is InChI=1S/C21H31N3O2.3ClH.Nd/c1-18(2,3)20(7)12-25-16(23-20)14-10-9-11-15(22-14)17-24-21(8,13-26-17)19(4,5)6;;;;/h9-11H,12-13H2,1-8H3;3*1H;/q;;;;+3/p-3. The molecule has 0 fully saturated rings. The fourth-order valence-corrected chi connectivity index (χ4v) is 2.70. The monoisotopic (exact) mass is 604 g/mol. The Morgan fingerprint density at radius 2 is 1.07 bits per heavy atom. The van der Waals surface area contributed by atoms with Gasteiger partial charge in [0.1, 0.15) is 35.7 Å². The molecule has 0 bridgehead atoms. The molecule has 0 amide bonds. The van der Waals surface area contributed by atoms with Crippen LogP contribution in [0.2, 0.25) is 0 Å². The van der Waals surface area contributed by atoms with E-state index < -0.39 is 0 Å². The Balaban J connectivity index is 0. The Hall–Kier alpha value is 0.311. The van der Waals surface area contributed by atoms with Crippen LogP contribution >= 0.6 is 0 Å². The Labute approximate surface area is 232 Å². The van der Waals surface area contributed by atoms with Crippen molar-refractivity contribution in [2.24, 2.45) is 20.8 Å². The molecule has 0 saturated heterocycles. The molecule has 9 heteroatoms. The molecule has 2 unspecified atom stereocenters. The summed E-state index contributed by atoms with van der Waals surface area (Å²) < 4.78 is 11.8. The summed E-state index contributed by atoms with van der Waals surface area (Å²) in [5, 5.41) is 0. The van der Waals surface area contributed by atoms with E-state index in [-0.39, 0.29) is 100.0 Å². The van der Waals surface area contributed by atoms with Gasteiger partial charge in [-0.1, -0.05) is 47.6 Å². The van der Waals surface area contributed by atoms with Gasteiger partial charge in [-0.25, -0.2) is 15.0 Å². The summed E-state index contributed by atoms with van der Waals surface area (Å²) in [4.78, 5) is 14.4. The molecule has 3 heterocycles. The first kappa shape index (κ1) is 32.5. The van der Waals surface area contributed by atoms with Crippen LogP contribution in [-0.2, 0) is 9.47 Å². The van der Waals surface area contributed by atoms with E-state index in [2.05, 4.69) is 55.4 Å². The number of ether oxygens (including phenoxy) is 2. The summed E-state index contributed by atoms with van der Waals surface area (Å²) in [5.41, 5.74) is 0.967. The largest absolute Gasteiger partial charge is 3.00 e. The predicted octanol–water partition coefficient (Wildman–Crippen LogP) is -4.74. The van der Waals surface area contributed by atoms with Crippen LogP contribution in [0.25, 0.3) is 0 Å². The van der Waals surface area contributed by atoms with Gasteiger partial charge in [-0.3, -0.25) is 0 Å². The smallest absolute Gasteiger partial charge is 1.00 e. The number of halogens is 3. The van der Waals surface area contributed by atoms with Gasteiger partial charge >= 0.3 is 40.8 Å². The van der Waals surface area contributed by atoms with E-state index in [1.807, 2.05) is 18.2 Å². The summed E-state index contributed by atoms with van der Waals surface area (Å²) in [5.74, 6) is 1.20. The zero-order chi connectivity index (χ0) is 19.4. The van der Waals surface area contributed by atoms with E-state index in [0.29, 0.717) is 25.0 Å². The van der Waals surface area contributed by atoms with E-state index in [1.165, 1.54) is 0 Å². The van der Waals surface area contributed by atoms with Crippen molar-refractivity contribution < 1.29 is 87.5 Å². The first-order valence-corrected chi connectivity index (χ1v) is 9.28. The third-order valence-corrected chi connectivity index (χ3v) is 6.10. The van der Waals surface area contributed by atoms with Crippen molar-refractivity contribution in [3.63, 3.8) is 0 Å². The Bertz CT molecular complexity index is 729. The van der Waals surface area contributed by atoms with Gasteiger partial charge in [0, 0.05) is 0 Å². The van der Waals surface area contributed by atoms with Crippen molar-refractivity contribution in [1.29, 1.82) is 0 Å². The maximum atomic E-state index is 5.90. The second-order valence-electron chi connectivity index (χ2n) is 9.87. The van der Waals surface area contributed by atoms with Crippen molar-refractivity contribution in [3.8, 4) is 0 Å². The molecule has 2 aliphatic heterocycles. The molecule has 1 radical (unpaired) electrons. The Kier molecular flexibility index (Phi) is 11.9. The summed E-state index contributed by atoms with van der Waals surface area (Å²) in [6.07, 6.45) is 0. The average Bonchev–Trinajstić information content (AvgIpc) is 3.12. The average molecular weight is 608 g/mol. The van der Waals surface area contributed by atoms with Gasteiger partial charge in [0.05, 0.1) is 0 Å². The van der Waals surface area contributed by atoms with Gasteiger partial charge in [0.25, 0.3) is 0 Å². The molecule has 167 valence electrons. The number of aromatic nitrogens is 1. The zero-order valence-corrected chi connectivity index (χ0v) is 24.4. The first-order valence-electron chi connectivity index (χ1n) is 9.28. The van der Waals surface area contributed by atoms with Crippen LogP contribution in [0.1, 0.15) is 66.8 Å². The van der Waals surface area contributed by atoms with Gasteiger partial charge in [0.2, 0.25) is 11.8 Å². The summed E-state index contributed by atoms with van der Waals surface area (Å²) in [6.45, 7) is 18.5. The summed E-state index contributed by atoms with van der Waals surface area (Å²) in [7, 11) is 0. The number of hydrogen-bond acceptors (Lipinski definition) is 5. The van der Waals surface area contributed by atoms with E-state index in [4.69, 9.17) is 24.4 Å². The molecule has 30 heavy (non-hydrogen) atoms. The van der Waals surface area contributed by atoms with Crippen LogP contribution in [0.5, 0.6) is 0 Å². The first-order chi connectivity index (χ1) is 11.8. The zero-order valence-electron chi connectivity index (χ0n) is 18.9. The number of pyridine rings is 1. The molecule has 3 rings (SSSR count). The minimum Gasteiger partial charge on any atom is -1.00 e. The second kappa shape index (κ2) is 11.0. The number of hydrogen-bond donors (Lipinski definition) is 0. The molecule has 5 nitrogen and oxygen atoms in total. The maximum absolute atomic E-state index is 5.90. The molecule has 2 aliphatic rings. The van der Waals surface area contributed by atoms with Gasteiger partial charge in [-0.05, 0) is 36.8 Å². The fraction of sp³-hybridized carbons (Fsp3) is 0.667. The molecular formula is C21H31Cl3N3NdO2. The summed E-state index contributed by atoms with van der Waals surface area (Å²) in [6, 6.07) is 5.80. The van der Waals surface area contributed by atoms with Crippen LogP contribution < -0.4 is 37.2 Å². The van der Waals surface area contributed by atoms with Crippen LogP contribution in [-0.4, -0.2) is 41.1 Å². The van der Waals surface area contributed by atoms with E-state index in [0.717, 1.165) is 11.4 Å². The fourth-order valence-electron chi connectivity index (χ4n) is 2.70. The minimum atomic E-state index is -0.258.